The van der Waals surface area contributed by atoms with Crippen LogP contribution in [-0.2, 0) is 6.42 Å². The molecule has 0 radical (unpaired) electrons. The van der Waals surface area contributed by atoms with E-state index in [0.717, 1.165) is 27.3 Å². The number of aromatic carboxylic acids is 1. The number of thiophene rings is 1. The van der Waals surface area contributed by atoms with Crippen LogP contribution in [0.15, 0.2) is 76.5 Å². The lowest BCUT2D eigenvalue weighted by Gasteiger charge is -2.09. The number of carbonyl (C=O) groups is 2. The highest BCUT2D eigenvalue weighted by molar-refractivity contribution is 7.14. The summed E-state index contributed by atoms with van der Waals surface area (Å²) in [6, 6.07) is 21.0. The minimum atomic E-state index is -1.03. The standard InChI is InChI=1S/C26H18O4S/c1-15-10-11-20(19-8-4-3-7-18(15)19)25-24(26(28)29)17(14-31-25)12-21(27)23-13-16-6-2-5-9-22(16)30-23/h2-11,13-14H,12H2,1H3,(H,28,29). The second kappa shape index (κ2) is 7.52. The first-order valence-electron chi connectivity index (χ1n) is 9.87. The van der Waals surface area contributed by atoms with Gasteiger partial charge in [0.15, 0.2) is 5.76 Å². The number of rotatable bonds is 5. The Labute approximate surface area is 182 Å². The number of furan rings is 1. The predicted octanol–water partition coefficient (Wildman–Crippen LogP) is 6.75. The van der Waals surface area contributed by atoms with E-state index in [1.54, 1.807) is 17.5 Å². The minimum Gasteiger partial charge on any atom is -0.478 e. The Hall–Kier alpha value is -3.70. The van der Waals surface area contributed by atoms with E-state index in [9.17, 15) is 14.7 Å². The van der Waals surface area contributed by atoms with Crippen molar-refractivity contribution in [3.63, 3.8) is 0 Å². The third-order valence-electron chi connectivity index (χ3n) is 5.52. The van der Waals surface area contributed by atoms with Crippen LogP contribution in [0.2, 0.25) is 0 Å². The lowest BCUT2D eigenvalue weighted by molar-refractivity contribution is 0.0697. The molecule has 0 saturated heterocycles. The summed E-state index contributed by atoms with van der Waals surface area (Å²) in [5, 5.41) is 14.7. The van der Waals surface area contributed by atoms with Crippen LogP contribution in [0.4, 0.5) is 0 Å². The molecule has 0 saturated carbocycles. The van der Waals surface area contributed by atoms with Crippen LogP contribution in [-0.4, -0.2) is 16.9 Å². The van der Waals surface area contributed by atoms with Crippen molar-refractivity contribution in [1.82, 2.24) is 0 Å². The zero-order valence-electron chi connectivity index (χ0n) is 16.7. The fraction of sp³-hybridized carbons (Fsp3) is 0.0769. The van der Waals surface area contributed by atoms with Crippen LogP contribution < -0.4 is 0 Å². The molecule has 0 spiro atoms. The molecule has 152 valence electrons. The van der Waals surface area contributed by atoms with Crippen LogP contribution in [0.3, 0.4) is 0 Å². The average Bonchev–Trinajstić information content (AvgIpc) is 3.38. The number of benzene rings is 3. The van der Waals surface area contributed by atoms with Crippen molar-refractivity contribution in [3.8, 4) is 10.4 Å². The second-order valence-corrected chi connectivity index (χ2v) is 8.37. The van der Waals surface area contributed by atoms with E-state index in [2.05, 4.69) is 0 Å². The topological polar surface area (TPSA) is 67.5 Å². The first kappa shape index (κ1) is 19.3. The average molecular weight is 426 g/mol. The van der Waals surface area contributed by atoms with Gasteiger partial charge < -0.3 is 9.52 Å². The number of ketones is 1. The van der Waals surface area contributed by atoms with Crippen molar-refractivity contribution >= 4 is 44.8 Å². The maximum Gasteiger partial charge on any atom is 0.337 e. The molecule has 0 bridgehead atoms. The van der Waals surface area contributed by atoms with Crippen molar-refractivity contribution in [1.29, 1.82) is 0 Å². The number of carboxylic acids is 1. The molecule has 0 aliphatic heterocycles. The molecule has 1 N–H and O–H groups in total. The zero-order valence-corrected chi connectivity index (χ0v) is 17.5. The highest BCUT2D eigenvalue weighted by atomic mass is 32.1. The fourth-order valence-electron chi connectivity index (χ4n) is 3.98. The molecule has 5 rings (SSSR count). The molecular formula is C26H18O4S. The molecule has 2 aromatic heterocycles. The molecule has 0 aliphatic carbocycles. The lowest BCUT2D eigenvalue weighted by atomic mass is 9.96. The van der Waals surface area contributed by atoms with Gasteiger partial charge in [0.2, 0.25) is 5.78 Å². The van der Waals surface area contributed by atoms with Crippen LogP contribution in [0.5, 0.6) is 0 Å². The minimum absolute atomic E-state index is 0.0260. The number of para-hydroxylation sites is 1. The van der Waals surface area contributed by atoms with Crippen LogP contribution in [0, 0.1) is 6.92 Å². The van der Waals surface area contributed by atoms with Crippen molar-refractivity contribution in [3.05, 3.63) is 94.6 Å². The summed E-state index contributed by atoms with van der Waals surface area (Å²) in [5.41, 5.74) is 3.33. The molecular weight excluding hydrogens is 408 g/mol. The Bertz CT molecular complexity index is 1440. The molecule has 0 fully saturated rings. The highest BCUT2D eigenvalue weighted by Crippen LogP contribution is 2.38. The molecule has 5 heteroatoms. The van der Waals surface area contributed by atoms with Gasteiger partial charge in [0.1, 0.15) is 5.58 Å². The van der Waals surface area contributed by atoms with E-state index < -0.39 is 5.97 Å². The molecule has 0 amide bonds. The summed E-state index contributed by atoms with van der Waals surface area (Å²) in [6.07, 6.45) is -0.0260. The lowest BCUT2D eigenvalue weighted by Crippen LogP contribution is -2.07. The van der Waals surface area contributed by atoms with Crippen LogP contribution >= 0.6 is 11.3 Å². The van der Waals surface area contributed by atoms with Gasteiger partial charge in [-0.2, -0.15) is 0 Å². The van der Waals surface area contributed by atoms with Gasteiger partial charge in [-0.3, -0.25) is 4.79 Å². The molecule has 0 atom stereocenters. The van der Waals surface area contributed by atoms with Gasteiger partial charge in [-0.05, 0) is 46.3 Å². The summed E-state index contributed by atoms with van der Waals surface area (Å²) >= 11 is 1.36. The van der Waals surface area contributed by atoms with Crippen molar-refractivity contribution in [2.75, 3.05) is 0 Å². The van der Waals surface area contributed by atoms with Crippen LogP contribution in [0.1, 0.15) is 32.0 Å². The number of carbonyl (C=O) groups excluding carboxylic acids is 1. The van der Waals surface area contributed by atoms with Gasteiger partial charge in [-0.1, -0.05) is 54.6 Å². The Morgan fingerprint density at radius 1 is 0.968 bits per heavy atom. The van der Waals surface area contributed by atoms with Gasteiger partial charge in [-0.25, -0.2) is 4.79 Å². The van der Waals surface area contributed by atoms with Gasteiger partial charge >= 0.3 is 5.97 Å². The highest BCUT2D eigenvalue weighted by Gasteiger charge is 2.24. The Kier molecular flexibility index (Phi) is 4.68. The van der Waals surface area contributed by atoms with Crippen molar-refractivity contribution in [2.24, 2.45) is 0 Å². The largest absolute Gasteiger partial charge is 0.478 e. The van der Waals surface area contributed by atoms with E-state index >= 15 is 0 Å². The number of aryl methyl sites for hydroxylation is 1. The first-order valence-corrected chi connectivity index (χ1v) is 10.7. The SMILES string of the molecule is Cc1ccc(-c2scc(CC(=O)c3cc4ccccc4o3)c2C(=O)O)c2ccccc12. The summed E-state index contributed by atoms with van der Waals surface area (Å²) in [7, 11) is 0. The van der Waals surface area contributed by atoms with E-state index in [4.69, 9.17) is 4.42 Å². The number of fused-ring (bicyclic) bond motifs is 2. The smallest absolute Gasteiger partial charge is 0.337 e. The Balaban J connectivity index is 1.57. The third-order valence-corrected chi connectivity index (χ3v) is 6.58. The van der Waals surface area contributed by atoms with Gasteiger partial charge in [-0.15, -0.1) is 11.3 Å². The van der Waals surface area contributed by atoms with E-state index in [-0.39, 0.29) is 23.5 Å². The van der Waals surface area contributed by atoms with Crippen LogP contribution in [0.25, 0.3) is 32.2 Å². The number of Topliss-reactive ketones (excluding diaryl/α,β-unsaturated/α-hetero) is 1. The number of carboxylic acid groups (broad SMARTS) is 1. The van der Waals surface area contributed by atoms with Crippen molar-refractivity contribution in [2.45, 2.75) is 13.3 Å². The maximum atomic E-state index is 12.9. The molecule has 2 heterocycles. The summed E-state index contributed by atoms with van der Waals surface area (Å²) < 4.78 is 5.67. The number of hydrogen-bond donors (Lipinski definition) is 1. The number of hydrogen-bond acceptors (Lipinski definition) is 4. The molecule has 0 aliphatic rings. The molecule has 3 aromatic carbocycles. The summed E-state index contributed by atoms with van der Waals surface area (Å²) in [6.45, 7) is 2.04. The molecule has 5 aromatic rings. The monoisotopic (exact) mass is 426 g/mol. The molecule has 0 unspecified atom stereocenters. The Morgan fingerprint density at radius 2 is 1.71 bits per heavy atom. The molecule has 31 heavy (non-hydrogen) atoms. The second-order valence-electron chi connectivity index (χ2n) is 7.49. The zero-order chi connectivity index (χ0) is 21.5. The van der Waals surface area contributed by atoms with E-state index in [1.165, 1.54) is 11.3 Å². The van der Waals surface area contributed by atoms with E-state index in [1.807, 2.05) is 61.5 Å². The van der Waals surface area contributed by atoms with E-state index in [0.29, 0.717) is 16.0 Å². The predicted molar refractivity (Wildman–Crippen MR) is 123 cm³/mol. The maximum absolute atomic E-state index is 12.9. The summed E-state index contributed by atoms with van der Waals surface area (Å²) in [5.74, 6) is -1.03. The quantitative estimate of drug-likeness (QED) is 0.316. The third kappa shape index (κ3) is 3.33. The first-order chi connectivity index (χ1) is 15.0. The van der Waals surface area contributed by atoms with Gasteiger partial charge in [0.25, 0.3) is 0 Å². The fourth-order valence-corrected chi connectivity index (χ4v) is 5.09. The Morgan fingerprint density at radius 3 is 2.48 bits per heavy atom. The summed E-state index contributed by atoms with van der Waals surface area (Å²) in [4.78, 5) is 25.8. The van der Waals surface area contributed by atoms with Crippen molar-refractivity contribution < 1.29 is 19.1 Å². The normalized spacial score (nSPS) is 11.3. The van der Waals surface area contributed by atoms with Gasteiger partial charge in [0, 0.05) is 22.2 Å². The van der Waals surface area contributed by atoms with Gasteiger partial charge in [0.05, 0.1) is 5.56 Å². The molecule has 4 nitrogen and oxygen atoms in total.